The van der Waals surface area contributed by atoms with Crippen LogP contribution in [0.3, 0.4) is 0 Å². The van der Waals surface area contributed by atoms with Gasteiger partial charge in [-0.25, -0.2) is 0 Å². The van der Waals surface area contributed by atoms with Gasteiger partial charge in [0.15, 0.2) is 0 Å². The monoisotopic (exact) mass is 1030 g/mol. The molecule has 2 aromatic carbocycles. The number of carbonyl (C=O) groups excluding carboxylic acids is 4. The topological polar surface area (TPSA) is 151 Å². The first kappa shape index (κ1) is 62.8. The normalized spacial score (nSPS) is 12.7. The summed E-state index contributed by atoms with van der Waals surface area (Å²) >= 11 is 0. The Morgan fingerprint density at radius 3 is 0.938 bits per heavy atom. The second-order valence-electron chi connectivity index (χ2n) is 17.5. The van der Waals surface area contributed by atoms with E-state index in [1.54, 1.807) is 0 Å². The van der Waals surface area contributed by atoms with Gasteiger partial charge >= 0.3 is 60.8 Å². The molecule has 0 aromatic heterocycles. The average Bonchev–Trinajstić information content (AvgIpc) is 3.26. The smallest absolute Gasteiger partial charge is 0.550 e. The third kappa shape index (κ3) is 40.6. The summed E-state index contributed by atoms with van der Waals surface area (Å²) in [5, 5.41) is 22.0. The number of esters is 2. The van der Waals surface area contributed by atoms with Crippen molar-refractivity contribution >= 4 is 72.8 Å². The third-order valence-electron chi connectivity index (χ3n) is 11.5. The van der Waals surface area contributed by atoms with Crippen molar-refractivity contribution in [1.29, 1.82) is 0 Å². The minimum absolute atomic E-state index is 0. The average molecular weight is 1030 g/mol. The summed E-state index contributed by atoms with van der Waals surface area (Å²) in [6.07, 6.45) is 27.6. The summed E-state index contributed by atoms with van der Waals surface area (Å²) in [6.45, 7) is 8.23. The number of carboxylic acid groups (broad SMARTS) is 2. The van der Waals surface area contributed by atoms with Crippen LogP contribution in [0.1, 0.15) is 219 Å². The van der Waals surface area contributed by atoms with Crippen molar-refractivity contribution in [3.63, 3.8) is 0 Å². The van der Waals surface area contributed by atoms with Gasteiger partial charge in [0, 0.05) is 38.6 Å². The Morgan fingerprint density at radius 1 is 0.415 bits per heavy atom. The van der Waals surface area contributed by atoms with Crippen molar-refractivity contribution in [3.05, 3.63) is 71.8 Å². The molecule has 0 aliphatic heterocycles. The van der Waals surface area contributed by atoms with Crippen LogP contribution in [0.15, 0.2) is 60.7 Å². The zero-order chi connectivity index (χ0) is 46.9. The number of unbranched alkanes of at least 4 members (excludes halogenated alkanes) is 16. The third-order valence-corrected chi connectivity index (χ3v) is 11.5. The van der Waals surface area contributed by atoms with Crippen molar-refractivity contribution in [2.75, 3.05) is 0 Å². The van der Waals surface area contributed by atoms with Crippen LogP contribution in [0.5, 0.6) is 0 Å². The van der Waals surface area contributed by atoms with Crippen molar-refractivity contribution in [2.24, 2.45) is 0 Å². The predicted octanol–water partition coefficient (Wildman–Crippen LogP) is 11.1. The molecule has 2 rings (SSSR count). The molecule has 2 aromatic rings. The molecule has 0 aliphatic rings. The van der Waals surface area contributed by atoms with Crippen LogP contribution >= 0.6 is 0 Å². The Labute approximate surface area is 434 Å². The van der Waals surface area contributed by atoms with Gasteiger partial charge < -0.3 is 38.7 Å². The first-order valence-electron chi connectivity index (χ1n) is 25.1. The van der Waals surface area contributed by atoms with Gasteiger partial charge in [0.05, 0.1) is 25.4 Å². The quantitative estimate of drug-likeness (QED) is 0.0358. The van der Waals surface area contributed by atoms with Crippen LogP contribution in [0.2, 0.25) is 0 Å². The molecule has 10 nitrogen and oxygen atoms in total. The standard InChI is InChI=1S/2C27H44O5.Ba/c2*1-3-4-11-18-25(32-23(2)28)19-14-8-6-5-7-9-15-20-26(21-27(29)30)31-22-24-16-12-10-13-17-24;/h2*10,12-13,16-17,25-26H,3-9,11,14-15,18-22H2,1-2H3,(H,29,30);/q;;+2/p-2. The van der Waals surface area contributed by atoms with Gasteiger partial charge in [-0.15, -0.1) is 0 Å². The van der Waals surface area contributed by atoms with Gasteiger partial charge in [0.1, 0.15) is 12.2 Å². The molecule has 0 radical (unpaired) electrons. The van der Waals surface area contributed by atoms with Crippen molar-refractivity contribution in [1.82, 2.24) is 0 Å². The Hall–Kier alpha value is -2.19. The van der Waals surface area contributed by atoms with Crippen LogP contribution < -0.4 is 10.2 Å². The number of carbonyl (C=O) groups is 4. The second-order valence-corrected chi connectivity index (χ2v) is 17.5. The Morgan fingerprint density at radius 2 is 0.677 bits per heavy atom. The first-order valence-corrected chi connectivity index (χ1v) is 25.1. The zero-order valence-electron chi connectivity index (χ0n) is 41.1. The predicted molar refractivity (Wildman–Crippen MR) is 258 cm³/mol. The number of benzene rings is 2. The van der Waals surface area contributed by atoms with Gasteiger partial charge in [-0.1, -0.05) is 177 Å². The minimum Gasteiger partial charge on any atom is -0.550 e. The molecular formula is C54H86BaO10. The summed E-state index contributed by atoms with van der Waals surface area (Å²) in [4.78, 5) is 44.6. The van der Waals surface area contributed by atoms with E-state index in [1.165, 1.54) is 78.1 Å². The molecule has 364 valence electrons. The maximum Gasteiger partial charge on any atom is 2.00 e. The summed E-state index contributed by atoms with van der Waals surface area (Å²) in [7, 11) is 0. The number of hydrogen-bond acceptors (Lipinski definition) is 10. The number of ether oxygens (including phenoxy) is 4. The molecule has 4 unspecified atom stereocenters. The molecule has 0 aliphatic carbocycles. The number of aliphatic carboxylic acids is 2. The molecule has 65 heavy (non-hydrogen) atoms. The Bertz CT molecular complexity index is 1320. The molecule has 0 spiro atoms. The molecule has 0 saturated heterocycles. The summed E-state index contributed by atoms with van der Waals surface area (Å²) in [6, 6.07) is 19.6. The van der Waals surface area contributed by atoms with E-state index in [0.29, 0.717) is 13.2 Å². The molecular weight excluding hydrogens is 946 g/mol. The van der Waals surface area contributed by atoms with Crippen molar-refractivity contribution in [3.8, 4) is 0 Å². The second kappa shape index (κ2) is 44.3. The fourth-order valence-electron chi connectivity index (χ4n) is 7.93. The maximum atomic E-state index is 11.3. The fraction of sp³-hybridized carbons (Fsp3) is 0.704. The van der Waals surface area contributed by atoms with Crippen LogP contribution in [0.25, 0.3) is 0 Å². The van der Waals surface area contributed by atoms with E-state index >= 15 is 0 Å². The van der Waals surface area contributed by atoms with Crippen LogP contribution in [-0.2, 0) is 51.3 Å². The van der Waals surface area contributed by atoms with Gasteiger partial charge in [0.2, 0.25) is 0 Å². The molecule has 0 fully saturated rings. The van der Waals surface area contributed by atoms with E-state index < -0.39 is 11.9 Å². The minimum atomic E-state index is -1.05. The van der Waals surface area contributed by atoms with Crippen LogP contribution in [0.4, 0.5) is 0 Å². The number of rotatable bonds is 40. The van der Waals surface area contributed by atoms with Crippen LogP contribution in [-0.4, -0.2) is 97.2 Å². The van der Waals surface area contributed by atoms with Gasteiger partial charge in [-0.3, -0.25) is 9.59 Å². The summed E-state index contributed by atoms with van der Waals surface area (Å²) in [5.41, 5.74) is 2.11. The van der Waals surface area contributed by atoms with E-state index in [1.807, 2.05) is 60.7 Å². The maximum absolute atomic E-state index is 11.3. The number of carboxylic acids is 2. The van der Waals surface area contributed by atoms with E-state index in [9.17, 15) is 29.4 Å². The molecule has 11 heteroatoms. The number of hydrogen-bond donors (Lipinski definition) is 0. The van der Waals surface area contributed by atoms with Crippen LogP contribution in [0, 0.1) is 0 Å². The zero-order valence-corrected chi connectivity index (χ0v) is 45.5. The largest absolute Gasteiger partial charge is 2.00 e. The molecule has 0 amide bonds. The van der Waals surface area contributed by atoms with Gasteiger partial charge in [-0.2, -0.15) is 0 Å². The summed E-state index contributed by atoms with van der Waals surface area (Å²) in [5.74, 6) is -2.44. The van der Waals surface area contributed by atoms with Crippen molar-refractivity contribution < 1.29 is 48.3 Å². The van der Waals surface area contributed by atoms with Gasteiger partial charge in [-0.05, 0) is 75.3 Å². The SMILES string of the molecule is CCCCCC(CCCCCCCCCC(CC(=O)[O-])OCc1ccccc1)OC(C)=O.CCCCCC(CCCCCCCCCC(CC(=O)[O-])OCc1ccccc1)OC(C)=O.[Ba+2]. The molecule has 4 atom stereocenters. The fourth-order valence-corrected chi connectivity index (χ4v) is 7.93. The van der Waals surface area contributed by atoms with Crippen molar-refractivity contribution in [2.45, 2.75) is 245 Å². The van der Waals surface area contributed by atoms with E-state index in [-0.39, 0.29) is 98.1 Å². The Kier molecular flexibility index (Phi) is 42.8. The molecule has 0 heterocycles. The molecule has 0 saturated carbocycles. The van der Waals surface area contributed by atoms with E-state index in [2.05, 4.69) is 13.8 Å². The molecule has 0 bridgehead atoms. The molecule has 0 N–H and O–H groups in total. The van der Waals surface area contributed by atoms with E-state index in [0.717, 1.165) is 114 Å². The first-order chi connectivity index (χ1) is 31.0. The summed E-state index contributed by atoms with van der Waals surface area (Å²) < 4.78 is 22.6. The Balaban J connectivity index is 0.00000124. The van der Waals surface area contributed by atoms with Gasteiger partial charge in [0.25, 0.3) is 0 Å². The van der Waals surface area contributed by atoms with E-state index in [4.69, 9.17) is 18.9 Å².